The van der Waals surface area contributed by atoms with Gasteiger partial charge in [-0.25, -0.2) is 9.50 Å². The van der Waals surface area contributed by atoms with E-state index >= 15 is 0 Å². The Balaban J connectivity index is 2.10. The van der Waals surface area contributed by atoms with Crippen LogP contribution >= 0.6 is 0 Å². The van der Waals surface area contributed by atoms with E-state index < -0.39 is 0 Å². The fourth-order valence-corrected chi connectivity index (χ4v) is 2.57. The maximum atomic E-state index is 12.3. The molecule has 0 radical (unpaired) electrons. The van der Waals surface area contributed by atoms with Crippen LogP contribution < -0.4 is 11.1 Å². The van der Waals surface area contributed by atoms with E-state index in [2.05, 4.69) is 34.2 Å². The van der Waals surface area contributed by atoms with Crippen molar-refractivity contribution in [1.82, 2.24) is 24.9 Å². The molecular weight excluding hydrogens is 292 g/mol. The van der Waals surface area contributed by atoms with Gasteiger partial charge in [-0.3, -0.25) is 4.79 Å². The molecule has 1 atom stereocenters. The predicted molar refractivity (Wildman–Crippen MR) is 89.0 cm³/mol. The number of fused-ring (bicyclic) bond motifs is 1. The van der Waals surface area contributed by atoms with Crippen molar-refractivity contribution in [3.8, 4) is 0 Å². The van der Waals surface area contributed by atoms with Gasteiger partial charge < -0.3 is 11.1 Å². The third-order valence-corrected chi connectivity index (χ3v) is 4.71. The Hall–Kier alpha value is -2.02. The Bertz CT molecular complexity index is 708. The summed E-state index contributed by atoms with van der Waals surface area (Å²) in [5.41, 5.74) is 8.34. The summed E-state index contributed by atoms with van der Waals surface area (Å²) in [6.45, 7) is 10.4. The summed E-state index contributed by atoms with van der Waals surface area (Å²) >= 11 is 0. The van der Waals surface area contributed by atoms with Gasteiger partial charge in [0.05, 0.1) is 5.54 Å². The molecule has 0 aliphatic carbocycles. The van der Waals surface area contributed by atoms with Gasteiger partial charge in [0.15, 0.2) is 0 Å². The summed E-state index contributed by atoms with van der Waals surface area (Å²) in [5, 5.41) is 7.23. The lowest BCUT2D eigenvalue weighted by Crippen LogP contribution is -2.55. The van der Waals surface area contributed by atoms with Crippen molar-refractivity contribution in [2.24, 2.45) is 11.7 Å². The Morgan fingerprint density at radius 2 is 2.13 bits per heavy atom. The predicted octanol–water partition coefficient (Wildman–Crippen LogP) is 1.16. The molecule has 1 amide bonds. The number of carbonyl (C=O) groups excluding carboxylic acids is 1. The molecule has 3 N–H and O–H groups in total. The fraction of sp³-hybridized carbons (Fsp3) is 0.625. The maximum Gasteiger partial charge on any atom is 0.252 e. The first kappa shape index (κ1) is 17.3. The average Bonchev–Trinajstić information content (AvgIpc) is 2.94. The van der Waals surface area contributed by atoms with Crippen LogP contribution in [0.5, 0.6) is 0 Å². The molecule has 0 aromatic carbocycles. The molecule has 126 valence electrons. The van der Waals surface area contributed by atoms with E-state index in [1.54, 1.807) is 4.52 Å². The lowest BCUT2D eigenvalue weighted by molar-refractivity contribution is -0.123. The highest BCUT2D eigenvalue weighted by molar-refractivity contribution is 5.77. The smallest absolute Gasteiger partial charge is 0.252 e. The van der Waals surface area contributed by atoms with E-state index in [1.165, 1.54) is 6.33 Å². The number of hydrogen-bond donors (Lipinski definition) is 2. The summed E-state index contributed by atoms with van der Waals surface area (Å²) in [5.74, 6) is 0.862. The topological polar surface area (TPSA) is 98.2 Å². The van der Waals surface area contributed by atoms with Crippen molar-refractivity contribution in [3.05, 3.63) is 23.3 Å². The van der Waals surface area contributed by atoms with Crippen molar-refractivity contribution in [2.45, 2.75) is 53.0 Å². The standard InChI is InChI=1S/C16H26N6O/c1-10(2)16(5,8-17)21-14(23)7-6-13-11(3)20-15-18-9-19-22(15)12(13)4/h9-10H,6-8,17H2,1-5H3,(H,21,23). The highest BCUT2D eigenvalue weighted by Gasteiger charge is 2.28. The molecule has 0 saturated heterocycles. The highest BCUT2D eigenvalue weighted by Crippen LogP contribution is 2.17. The number of rotatable bonds is 6. The van der Waals surface area contributed by atoms with Gasteiger partial charge in [0.1, 0.15) is 6.33 Å². The van der Waals surface area contributed by atoms with Gasteiger partial charge in [0.25, 0.3) is 5.78 Å². The molecule has 2 aromatic heterocycles. The van der Waals surface area contributed by atoms with Crippen LogP contribution in [0.15, 0.2) is 6.33 Å². The number of nitrogens with two attached hydrogens (primary N) is 1. The van der Waals surface area contributed by atoms with E-state index in [4.69, 9.17) is 5.73 Å². The molecule has 1 unspecified atom stereocenters. The van der Waals surface area contributed by atoms with Gasteiger partial charge in [0.2, 0.25) is 5.91 Å². The molecule has 23 heavy (non-hydrogen) atoms. The lowest BCUT2D eigenvalue weighted by Gasteiger charge is -2.33. The second kappa shape index (κ2) is 6.62. The van der Waals surface area contributed by atoms with Crippen LogP contribution in [0.1, 0.15) is 44.1 Å². The molecule has 2 aromatic rings. The van der Waals surface area contributed by atoms with Crippen LogP contribution in [-0.4, -0.2) is 37.6 Å². The van der Waals surface area contributed by atoms with E-state index in [-0.39, 0.29) is 17.4 Å². The third-order valence-electron chi connectivity index (χ3n) is 4.71. The zero-order valence-corrected chi connectivity index (χ0v) is 14.6. The first-order valence-electron chi connectivity index (χ1n) is 7.95. The molecular formula is C16H26N6O. The molecule has 7 heteroatoms. The van der Waals surface area contributed by atoms with Gasteiger partial charge in [-0.2, -0.15) is 10.1 Å². The quantitative estimate of drug-likeness (QED) is 0.833. The minimum absolute atomic E-state index is 0.00383. The van der Waals surface area contributed by atoms with Crippen LogP contribution in [0.25, 0.3) is 5.78 Å². The minimum Gasteiger partial charge on any atom is -0.349 e. The van der Waals surface area contributed by atoms with Crippen molar-refractivity contribution < 1.29 is 4.79 Å². The maximum absolute atomic E-state index is 12.3. The van der Waals surface area contributed by atoms with Gasteiger partial charge >= 0.3 is 0 Å². The fourth-order valence-electron chi connectivity index (χ4n) is 2.57. The summed E-state index contributed by atoms with van der Waals surface area (Å²) in [6.07, 6.45) is 2.50. The van der Waals surface area contributed by atoms with E-state index in [9.17, 15) is 4.79 Å². The van der Waals surface area contributed by atoms with Gasteiger partial charge in [-0.1, -0.05) is 13.8 Å². The van der Waals surface area contributed by atoms with Crippen molar-refractivity contribution in [2.75, 3.05) is 6.54 Å². The molecule has 0 aliphatic heterocycles. The molecule has 2 rings (SSSR count). The monoisotopic (exact) mass is 318 g/mol. The van der Waals surface area contributed by atoms with Crippen LogP contribution in [-0.2, 0) is 11.2 Å². The molecule has 7 nitrogen and oxygen atoms in total. The molecule has 0 spiro atoms. The summed E-state index contributed by atoms with van der Waals surface area (Å²) < 4.78 is 1.71. The van der Waals surface area contributed by atoms with E-state index in [0.717, 1.165) is 17.0 Å². The molecule has 2 heterocycles. The molecule has 0 bridgehead atoms. The van der Waals surface area contributed by atoms with E-state index in [1.807, 2.05) is 20.8 Å². The second-order valence-corrected chi connectivity index (χ2v) is 6.56. The molecule has 0 aliphatic rings. The summed E-state index contributed by atoms with van der Waals surface area (Å²) in [7, 11) is 0. The average molecular weight is 318 g/mol. The van der Waals surface area contributed by atoms with Crippen molar-refractivity contribution in [1.29, 1.82) is 0 Å². The third kappa shape index (κ3) is 3.50. The molecule has 0 fully saturated rings. The zero-order chi connectivity index (χ0) is 17.2. The number of carbonyl (C=O) groups is 1. The van der Waals surface area contributed by atoms with Crippen molar-refractivity contribution >= 4 is 11.7 Å². The van der Waals surface area contributed by atoms with Crippen molar-refractivity contribution in [3.63, 3.8) is 0 Å². The SMILES string of the molecule is Cc1nc2ncnn2c(C)c1CCC(=O)NC(C)(CN)C(C)C. The summed E-state index contributed by atoms with van der Waals surface area (Å²) in [4.78, 5) is 20.8. The zero-order valence-electron chi connectivity index (χ0n) is 14.6. The van der Waals surface area contributed by atoms with Gasteiger partial charge in [0, 0.05) is 24.4 Å². The largest absolute Gasteiger partial charge is 0.349 e. The second-order valence-electron chi connectivity index (χ2n) is 6.56. The first-order valence-corrected chi connectivity index (χ1v) is 7.95. The van der Waals surface area contributed by atoms with Gasteiger partial charge in [-0.05, 0) is 38.7 Å². The minimum atomic E-state index is -0.380. The van der Waals surface area contributed by atoms with Crippen LogP contribution in [0.2, 0.25) is 0 Å². The van der Waals surface area contributed by atoms with Crippen LogP contribution in [0, 0.1) is 19.8 Å². The number of aryl methyl sites for hydroxylation is 2. The molecule has 0 saturated carbocycles. The number of nitrogens with one attached hydrogen (secondary N) is 1. The van der Waals surface area contributed by atoms with Gasteiger partial charge in [-0.15, -0.1) is 0 Å². The number of amides is 1. The Morgan fingerprint density at radius 3 is 2.74 bits per heavy atom. The van der Waals surface area contributed by atoms with Crippen LogP contribution in [0.3, 0.4) is 0 Å². The Labute approximate surface area is 136 Å². The normalized spacial score (nSPS) is 14.2. The first-order chi connectivity index (χ1) is 10.8. The number of nitrogens with zero attached hydrogens (tertiary/aromatic N) is 4. The Morgan fingerprint density at radius 1 is 1.43 bits per heavy atom. The summed E-state index contributed by atoms with van der Waals surface area (Å²) in [6, 6.07) is 0. The van der Waals surface area contributed by atoms with Crippen LogP contribution in [0.4, 0.5) is 0 Å². The highest BCUT2D eigenvalue weighted by atomic mass is 16.1. The Kier molecular flexibility index (Phi) is 4.99. The lowest BCUT2D eigenvalue weighted by atomic mass is 9.88. The number of aromatic nitrogens is 4. The number of hydrogen-bond acceptors (Lipinski definition) is 5. The van der Waals surface area contributed by atoms with E-state index in [0.29, 0.717) is 25.2 Å².